The number of hydrogen-bond acceptors (Lipinski definition) is 2. The fraction of sp³-hybridized carbons (Fsp3) is 0.364. The third kappa shape index (κ3) is 2.15. The van der Waals surface area contributed by atoms with E-state index in [1.54, 1.807) is 19.0 Å². The average Bonchev–Trinajstić information content (AvgIpc) is 2.27. The summed E-state index contributed by atoms with van der Waals surface area (Å²) < 4.78 is 7.12. The molecular weight excluding hydrogens is 258 g/mol. The lowest BCUT2D eigenvalue weighted by molar-refractivity contribution is -0.784. The van der Waals surface area contributed by atoms with Crippen molar-refractivity contribution in [3.63, 3.8) is 0 Å². The van der Waals surface area contributed by atoms with Gasteiger partial charge in [0.05, 0.1) is 12.7 Å². The highest BCUT2D eigenvalue weighted by Gasteiger charge is 2.27. The first kappa shape index (κ1) is 12.0. The molecule has 0 spiro atoms. The molecule has 0 aromatic heterocycles. The summed E-state index contributed by atoms with van der Waals surface area (Å²) in [6, 6.07) is 8.24. The van der Waals surface area contributed by atoms with Crippen LogP contribution in [0.15, 0.2) is 24.3 Å². The van der Waals surface area contributed by atoms with Crippen LogP contribution in [0, 0.1) is 0 Å². The summed E-state index contributed by atoms with van der Waals surface area (Å²) in [4.78, 5) is 5.22. The van der Waals surface area contributed by atoms with E-state index >= 15 is 0 Å². The first-order chi connectivity index (χ1) is 6.86. The van der Waals surface area contributed by atoms with E-state index in [1.165, 1.54) is 5.56 Å². The minimum absolute atomic E-state index is 0. The number of benzene rings is 1. The van der Waals surface area contributed by atoms with Gasteiger partial charge in [-0.1, -0.05) is 18.2 Å². The molecule has 0 radical (unpaired) electrons. The summed E-state index contributed by atoms with van der Waals surface area (Å²) in [5.74, 6) is 0.800. The monoisotopic (exact) mass is 271 g/mol. The number of hydrogen-bond donors (Lipinski definition) is 0. The van der Waals surface area contributed by atoms with Crippen molar-refractivity contribution in [3.8, 4) is 0 Å². The van der Waals surface area contributed by atoms with Crippen molar-refractivity contribution in [2.24, 2.45) is 0 Å². The van der Waals surface area contributed by atoms with Crippen molar-refractivity contribution in [2.45, 2.75) is 6.42 Å². The molecule has 0 saturated heterocycles. The van der Waals surface area contributed by atoms with Crippen molar-refractivity contribution in [2.75, 3.05) is 20.8 Å². The van der Waals surface area contributed by atoms with Gasteiger partial charge in [0.1, 0.15) is 7.11 Å². The minimum Gasteiger partial charge on any atom is -1.00 e. The number of fused-ring (bicyclic) bond motifs is 1. The summed E-state index contributed by atoms with van der Waals surface area (Å²) >= 11 is 0. The average molecular weight is 272 g/mol. The van der Waals surface area contributed by atoms with Gasteiger partial charge in [0.25, 0.3) is 0 Å². The van der Waals surface area contributed by atoms with Gasteiger partial charge in [-0.25, -0.2) is 0 Å². The van der Waals surface area contributed by atoms with Crippen molar-refractivity contribution in [3.05, 3.63) is 35.4 Å². The highest BCUT2D eigenvalue weighted by atomic mass is 79.9. The standard InChI is InChI=1S/C11H14NO2.BrH/c1-13-11-10-6-4-3-5-9(10)7-8-12(11)14-2;/h3-6H,7-8H2,1-2H3;1H/q+1;/p-1. The number of hydroxylamine groups is 1. The molecule has 0 amide bonds. The van der Waals surface area contributed by atoms with Crippen LogP contribution in [0.5, 0.6) is 0 Å². The Hall–Kier alpha value is -1.03. The lowest BCUT2D eigenvalue weighted by Crippen LogP contribution is -3.00. The van der Waals surface area contributed by atoms with Crippen LogP contribution in [-0.4, -0.2) is 31.4 Å². The van der Waals surface area contributed by atoms with Crippen LogP contribution >= 0.6 is 0 Å². The fourth-order valence-electron chi connectivity index (χ4n) is 1.79. The van der Waals surface area contributed by atoms with Crippen molar-refractivity contribution >= 4 is 5.90 Å². The molecule has 0 N–H and O–H groups in total. The van der Waals surface area contributed by atoms with Crippen LogP contribution in [0.4, 0.5) is 0 Å². The first-order valence-corrected chi connectivity index (χ1v) is 4.67. The molecule has 1 aliphatic rings. The van der Waals surface area contributed by atoms with E-state index in [9.17, 15) is 0 Å². The maximum Gasteiger partial charge on any atom is 0.418 e. The smallest absolute Gasteiger partial charge is 0.418 e. The molecule has 15 heavy (non-hydrogen) atoms. The SMILES string of the molecule is COC1=[N+](OC)CCc2ccccc21.[Br-]. The Balaban J connectivity index is 0.00000112. The van der Waals surface area contributed by atoms with E-state index in [0.29, 0.717) is 0 Å². The molecule has 2 rings (SSSR count). The Kier molecular flexibility index (Phi) is 4.15. The highest BCUT2D eigenvalue weighted by Crippen LogP contribution is 2.15. The second kappa shape index (κ2) is 5.16. The maximum atomic E-state index is 5.34. The van der Waals surface area contributed by atoms with E-state index in [0.717, 1.165) is 24.4 Å². The zero-order valence-corrected chi connectivity index (χ0v) is 10.5. The molecule has 3 nitrogen and oxygen atoms in total. The molecule has 1 aromatic rings. The molecular formula is C11H14BrNO2. The van der Waals surface area contributed by atoms with Crippen molar-refractivity contribution < 1.29 is 31.3 Å². The summed E-state index contributed by atoms with van der Waals surface area (Å²) in [6.07, 6.45) is 0.997. The predicted octanol–water partition coefficient (Wildman–Crippen LogP) is -1.79. The van der Waals surface area contributed by atoms with Gasteiger partial charge in [-0.2, -0.15) is 0 Å². The number of ether oxygens (including phenoxy) is 1. The van der Waals surface area contributed by atoms with Crippen LogP contribution in [0.1, 0.15) is 11.1 Å². The zero-order chi connectivity index (χ0) is 9.97. The molecule has 0 fully saturated rings. The highest BCUT2D eigenvalue weighted by molar-refractivity contribution is 5.92. The van der Waals surface area contributed by atoms with Gasteiger partial charge < -0.3 is 21.7 Å². The number of nitrogens with zero attached hydrogens (tertiary/aromatic N) is 1. The molecule has 0 atom stereocenters. The third-order valence-electron chi connectivity index (χ3n) is 2.47. The molecule has 0 aliphatic carbocycles. The number of methoxy groups -OCH3 is 1. The molecule has 82 valence electrons. The normalized spacial score (nSPS) is 14.0. The van der Waals surface area contributed by atoms with Crippen LogP contribution in [0.2, 0.25) is 0 Å². The van der Waals surface area contributed by atoms with E-state index in [2.05, 4.69) is 18.2 Å². The summed E-state index contributed by atoms with van der Waals surface area (Å²) in [7, 11) is 3.33. The first-order valence-electron chi connectivity index (χ1n) is 4.67. The molecule has 0 saturated carbocycles. The fourth-order valence-corrected chi connectivity index (χ4v) is 1.79. The van der Waals surface area contributed by atoms with Gasteiger partial charge in [0.2, 0.25) is 6.54 Å². The third-order valence-corrected chi connectivity index (χ3v) is 2.47. The van der Waals surface area contributed by atoms with Gasteiger partial charge in [0.15, 0.2) is 0 Å². The number of rotatable bonds is 1. The van der Waals surface area contributed by atoms with Gasteiger partial charge in [-0.15, -0.1) is 0 Å². The molecule has 1 aliphatic heterocycles. The predicted molar refractivity (Wildman–Crippen MR) is 53.4 cm³/mol. The largest absolute Gasteiger partial charge is 1.00 e. The minimum atomic E-state index is 0. The van der Waals surface area contributed by atoms with E-state index in [-0.39, 0.29) is 17.0 Å². The van der Waals surface area contributed by atoms with Crippen LogP contribution in [-0.2, 0) is 16.0 Å². The van der Waals surface area contributed by atoms with Gasteiger partial charge in [-0.3, -0.25) is 4.84 Å². The van der Waals surface area contributed by atoms with Gasteiger partial charge >= 0.3 is 5.90 Å². The Morgan fingerprint density at radius 1 is 1.20 bits per heavy atom. The van der Waals surface area contributed by atoms with Crippen LogP contribution in [0.25, 0.3) is 0 Å². The Morgan fingerprint density at radius 2 is 1.93 bits per heavy atom. The lowest BCUT2D eigenvalue weighted by atomic mass is 10.0. The van der Waals surface area contributed by atoms with Crippen molar-refractivity contribution in [1.29, 1.82) is 0 Å². The Bertz CT molecular complexity index is 377. The second-order valence-corrected chi connectivity index (χ2v) is 3.20. The topological polar surface area (TPSA) is 21.5 Å². The lowest BCUT2D eigenvalue weighted by Gasteiger charge is -2.13. The zero-order valence-electron chi connectivity index (χ0n) is 8.87. The number of halogens is 1. The van der Waals surface area contributed by atoms with Gasteiger partial charge in [-0.05, 0) is 11.6 Å². The molecule has 1 aromatic carbocycles. The quantitative estimate of drug-likeness (QED) is 0.563. The molecule has 4 heteroatoms. The maximum absolute atomic E-state index is 5.34. The molecule has 0 bridgehead atoms. The molecule has 0 unspecified atom stereocenters. The van der Waals surface area contributed by atoms with Crippen LogP contribution < -0.4 is 17.0 Å². The summed E-state index contributed by atoms with van der Waals surface area (Å²) in [5.41, 5.74) is 2.45. The van der Waals surface area contributed by atoms with Gasteiger partial charge in [0, 0.05) is 11.2 Å². The second-order valence-electron chi connectivity index (χ2n) is 3.20. The Labute approximate surface area is 100 Å². The van der Waals surface area contributed by atoms with E-state index in [1.807, 2.05) is 6.07 Å². The van der Waals surface area contributed by atoms with Crippen LogP contribution in [0.3, 0.4) is 0 Å². The van der Waals surface area contributed by atoms with Crippen molar-refractivity contribution in [1.82, 2.24) is 0 Å². The molecule has 1 heterocycles. The Morgan fingerprint density at radius 3 is 2.60 bits per heavy atom. The van der Waals surface area contributed by atoms with E-state index < -0.39 is 0 Å². The summed E-state index contributed by atoms with van der Waals surface area (Å²) in [6.45, 7) is 0.844. The van der Waals surface area contributed by atoms with E-state index in [4.69, 9.17) is 9.57 Å². The summed E-state index contributed by atoms with van der Waals surface area (Å²) in [5, 5.41) is 0.